The van der Waals surface area contributed by atoms with E-state index >= 15 is 0 Å². The van der Waals surface area contributed by atoms with Crippen molar-refractivity contribution in [1.29, 1.82) is 0 Å². The highest BCUT2D eigenvalue weighted by Crippen LogP contribution is 2.59. The van der Waals surface area contributed by atoms with E-state index in [0.29, 0.717) is 11.4 Å². The molecule has 0 bridgehead atoms. The van der Waals surface area contributed by atoms with Crippen molar-refractivity contribution in [2.45, 2.75) is 12.3 Å². The van der Waals surface area contributed by atoms with Gasteiger partial charge in [-0.25, -0.2) is 8.78 Å². The van der Waals surface area contributed by atoms with Crippen molar-refractivity contribution >= 4 is 28.8 Å². The van der Waals surface area contributed by atoms with Crippen LogP contribution in [0, 0.1) is 11.8 Å². The number of thiophene rings is 1. The second kappa shape index (κ2) is 7.29. The molecule has 154 valence electrons. The molecule has 4 rings (SSSR count). The maximum absolute atomic E-state index is 13.4. The van der Waals surface area contributed by atoms with Gasteiger partial charge in [-0.05, 0) is 34.5 Å². The molecule has 2 unspecified atom stereocenters. The summed E-state index contributed by atoms with van der Waals surface area (Å²) < 4.78 is 37.5. The molecule has 0 radical (unpaired) electrons. The first kappa shape index (κ1) is 19.6. The number of nitrogens with zero attached hydrogens (tertiary/aromatic N) is 1. The van der Waals surface area contributed by atoms with E-state index < -0.39 is 17.8 Å². The smallest absolute Gasteiger partial charge is 0.258 e. The highest BCUT2D eigenvalue weighted by molar-refractivity contribution is 7.08. The maximum atomic E-state index is 13.4. The van der Waals surface area contributed by atoms with Gasteiger partial charge in [0.2, 0.25) is 5.91 Å². The third kappa shape index (κ3) is 3.55. The van der Waals surface area contributed by atoms with E-state index in [1.807, 2.05) is 16.8 Å². The Balaban J connectivity index is 1.56. The van der Waals surface area contributed by atoms with Crippen LogP contribution in [0.4, 0.5) is 14.5 Å². The van der Waals surface area contributed by atoms with E-state index in [9.17, 15) is 18.4 Å². The number of amides is 2. The van der Waals surface area contributed by atoms with Crippen LogP contribution < -0.4 is 14.8 Å². The largest absolute Gasteiger partial charge is 0.493 e. The summed E-state index contributed by atoms with van der Waals surface area (Å²) in [7, 11) is 2.86. The molecule has 1 saturated carbocycles. The molecule has 9 heteroatoms. The predicted octanol–water partition coefficient (Wildman–Crippen LogP) is 3.28. The Morgan fingerprint density at radius 3 is 2.55 bits per heavy atom. The zero-order valence-electron chi connectivity index (χ0n) is 15.9. The lowest BCUT2D eigenvalue weighted by Crippen LogP contribution is -2.33. The number of benzene rings is 1. The van der Waals surface area contributed by atoms with Gasteiger partial charge < -0.3 is 19.7 Å². The standard InChI is InChI=1S/C20H20F2N2O4S/c1-27-16-7-12(19(26)24-8-13-14(9-24)20(13,21)22)6-15(18(16)28-2)23-17(25)5-11-3-4-29-10-11/h3-4,6-7,10,13-14H,5,8-9H2,1-2H3,(H,23,25). The van der Waals surface area contributed by atoms with Crippen molar-refractivity contribution in [3.8, 4) is 11.5 Å². The van der Waals surface area contributed by atoms with Gasteiger partial charge in [0.15, 0.2) is 11.5 Å². The number of halogens is 2. The Labute approximate surface area is 170 Å². The SMILES string of the molecule is COc1cc(C(=O)N2CC3C(C2)C3(F)F)cc(NC(=O)Cc2ccsc2)c1OC. The maximum Gasteiger partial charge on any atom is 0.258 e. The van der Waals surface area contributed by atoms with Gasteiger partial charge in [-0.1, -0.05) is 0 Å². The minimum absolute atomic E-state index is 0.0324. The third-order valence-corrected chi connectivity index (χ3v) is 6.16. The van der Waals surface area contributed by atoms with E-state index in [1.54, 1.807) is 0 Å². The summed E-state index contributed by atoms with van der Waals surface area (Å²) in [6, 6.07) is 4.85. The van der Waals surface area contributed by atoms with Crippen LogP contribution in [0.15, 0.2) is 29.0 Å². The van der Waals surface area contributed by atoms with Gasteiger partial charge in [-0.3, -0.25) is 9.59 Å². The molecule has 1 aromatic carbocycles. The molecule has 2 heterocycles. The fourth-order valence-electron chi connectivity index (χ4n) is 3.81. The Bertz CT molecular complexity index is 934. The fraction of sp³-hybridized carbons (Fsp3) is 0.400. The first-order valence-electron chi connectivity index (χ1n) is 9.09. The lowest BCUT2D eigenvalue weighted by Gasteiger charge is -2.21. The summed E-state index contributed by atoms with van der Waals surface area (Å²) in [5.41, 5.74) is 1.42. The van der Waals surface area contributed by atoms with Crippen molar-refractivity contribution in [2.75, 3.05) is 32.6 Å². The van der Waals surface area contributed by atoms with Crippen LogP contribution in [0.3, 0.4) is 0 Å². The molecule has 6 nitrogen and oxygen atoms in total. The zero-order chi connectivity index (χ0) is 20.8. The van der Waals surface area contributed by atoms with Gasteiger partial charge in [-0.2, -0.15) is 11.3 Å². The van der Waals surface area contributed by atoms with Gasteiger partial charge in [0, 0.05) is 18.7 Å². The first-order chi connectivity index (χ1) is 13.8. The Hall–Kier alpha value is -2.68. The number of rotatable bonds is 6. The Morgan fingerprint density at radius 1 is 1.24 bits per heavy atom. The minimum Gasteiger partial charge on any atom is -0.493 e. The molecule has 29 heavy (non-hydrogen) atoms. The summed E-state index contributed by atoms with van der Waals surface area (Å²) in [6.07, 6.45) is 0.178. The lowest BCUT2D eigenvalue weighted by molar-refractivity contribution is -0.115. The van der Waals surface area contributed by atoms with Crippen LogP contribution >= 0.6 is 11.3 Å². The third-order valence-electron chi connectivity index (χ3n) is 5.43. The van der Waals surface area contributed by atoms with Crippen LogP contribution in [0.25, 0.3) is 0 Å². The Kier molecular flexibility index (Phi) is 4.94. The van der Waals surface area contributed by atoms with Crippen LogP contribution in [0.2, 0.25) is 0 Å². The van der Waals surface area contributed by atoms with E-state index in [-0.39, 0.29) is 42.6 Å². The minimum atomic E-state index is -2.66. The molecule has 1 saturated heterocycles. The monoisotopic (exact) mass is 422 g/mol. The summed E-state index contributed by atoms with van der Waals surface area (Å²) in [4.78, 5) is 26.7. The van der Waals surface area contributed by atoms with Gasteiger partial charge in [-0.15, -0.1) is 0 Å². The molecule has 1 N–H and O–H groups in total. The second-order valence-electron chi connectivity index (χ2n) is 7.21. The molecule has 2 aromatic rings. The summed E-state index contributed by atoms with van der Waals surface area (Å²) in [5, 5.41) is 6.53. The highest BCUT2D eigenvalue weighted by Gasteiger charge is 2.72. The number of likely N-dealkylation sites (tertiary alicyclic amines) is 1. The molecular weight excluding hydrogens is 402 g/mol. The normalized spacial score (nSPS) is 21.4. The van der Waals surface area contributed by atoms with Crippen LogP contribution in [0.1, 0.15) is 15.9 Å². The van der Waals surface area contributed by atoms with E-state index in [1.165, 1.54) is 42.6 Å². The number of hydrogen-bond donors (Lipinski definition) is 1. The highest BCUT2D eigenvalue weighted by atomic mass is 32.1. The van der Waals surface area contributed by atoms with Crippen LogP contribution in [-0.4, -0.2) is 49.9 Å². The van der Waals surface area contributed by atoms with Gasteiger partial charge in [0.1, 0.15) is 0 Å². The number of fused-ring (bicyclic) bond motifs is 1. The molecule has 2 amide bonds. The number of carbonyl (C=O) groups excluding carboxylic acids is 2. The molecule has 1 aliphatic carbocycles. The number of alkyl halides is 2. The van der Waals surface area contributed by atoms with Crippen molar-refractivity contribution in [3.63, 3.8) is 0 Å². The molecule has 2 atom stereocenters. The summed E-state index contributed by atoms with van der Waals surface area (Å²) >= 11 is 1.50. The fourth-order valence-corrected chi connectivity index (χ4v) is 4.48. The van der Waals surface area contributed by atoms with Crippen molar-refractivity contribution in [1.82, 2.24) is 4.90 Å². The zero-order valence-corrected chi connectivity index (χ0v) is 16.7. The average molecular weight is 422 g/mol. The molecule has 1 aliphatic heterocycles. The first-order valence-corrected chi connectivity index (χ1v) is 10.0. The van der Waals surface area contributed by atoms with Gasteiger partial charge in [0.25, 0.3) is 11.8 Å². The molecule has 2 fully saturated rings. The molecule has 1 aromatic heterocycles. The average Bonchev–Trinajstić information content (AvgIpc) is 3.18. The molecule has 2 aliphatic rings. The second-order valence-corrected chi connectivity index (χ2v) is 7.99. The van der Waals surface area contributed by atoms with Crippen molar-refractivity contribution < 1.29 is 27.8 Å². The number of methoxy groups -OCH3 is 2. The van der Waals surface area contributed by atoms with Crippen LogP contribution in [-0.2, 0) is 11.2 Å². The van der Waals surface area contributed by atoms with Crippen LogP contribution in [0.5, 0.6) is 11.5 Å². The summed E-state index contributed by atoms with van der Waals surface area (Å²) in [5.74, 6) is -4.24. The van der Waals surface area contributed by atoms with Gasteiger partial charge in [0.05, 0.1) is 38.2 Å². The topological polar surface area (TPSA) is 67.9 Å². The van der Waals surface area contributed by atoms with E-state index in [2.05, 4.69) is 5.32 Å². The molecule has 0 spiro atoms. The van der Waals surface area contributed by atoms with Crippen molar-refractivity contribution in [3.05, 3.63) is 40.1 Å². The lowest BCUT2D eigenvalue weighted by atomic mass is 10.1. The predicted molar refractivity (Wildman–Crippen MR) is 104 cm³/mol. The number of anilines is 1. The van der Waals surface area contributed by atoms with E-state index in [4.69, 9.17) is 9.47 Å². The Morgan fingerprint density at radius 2 is 1.97 bits per heavy atom. The van der Waals surface area contributed by atoms with Crippen molar-refractivity contribution in [2.24, 2.45) is 11.8 Å². The number of carbonyl (C=O) groups is 2. The number of hydrogen-bond acceptors (Lipinski definition) is 5. The quantitative estimate of drug-likeness (QED) is 0.776. The summed E-state index contributed by atoms with van der Waals surface area (Å²) in [6.45, 7) is 0.0649. The number of piperidine rings is 1. The van der Waals surface area contributed by atoms with Gasteiger partial charge >= 0.3 is 0 Å². The van der Waals surface area contributed by atoms with E-state index in [0.717, 1.165) is 5.56 Å². The number of ether oxygens (including phenoxy) is 2. The molecular formula is C20H20F2N2O4S. The number of nitrogens with one attached hydrogen (secondary N) is 1.